The fraction of sp³-hybridized carbons (Fsp3) is 0.0351. The molecule has 0 aliphatic rings. The topological polar surface area (TPSA) is 365 Å². The Hall–Kier alpha value is -9.84. The molecular formula is C57H39BrClF3N10O15S5. The molecule has 0 radical (unpaired) electrons. The second kappa shape index (κ2) is 33.8. The van der Waals surface area contributed by atoms with E-state index in [0.717, 1.165) is 28.2 Å². The summed E-state index contributed by atoms with van der Waals surface area (Å²) in [7, 11) is -8.84. The molecule has 0 amide bonds. The van der Waals surface area contributed by atoms with Gasteiger partial charge in [-0.15, -0.1) is 0 Å². The Balaban J connectivity index is 0.000000183. The molecule has 0 aliphatic carbocycles. The SMILES string of the molecule is Cc1ccc(S(=O)c2ncccc2[N+](=O)[O-])cc1.O=[N+]([O-])c1cccnc1S(=O)c1ccc(Br)cc1.O=[N+]([O-])c1cccnc1S(=O)c1cccc(C(F)(F)F)c1.O=[N+]([O-])c1cccnc1S(=O)c1cccc(Cl)c1.O=[N+]([O-])c1cccnc1S(=O)c1ccccc1. The molecule has 25 nitrogen and oxygen atoms in total. The minimum absolute atomic E-state index is 0.0219. The summed E-state index contributed by atoms with van der Waals surface area (Å²) in [5.74, 6) is 0. The van der Waals surface area contributed by atoms with Gasteiger partial charge in [0.2, 0.25) is 25.1 Å². The van der Waals surface area contributed by atoms with E-state index < -0.39 is 96.0 Å². The van der Waals surface area contributed by atoms with Gasteiger partial charge in [0.25, 0.3) is 0 Å². The van der Waals surface area contributed by atoms with Gasteiger partial charge in [0, 0.05) is 95.3 Å². The largest absolute Gasteiger partial charge is 0.416 e. The maximum absolute atomic E-state index is 12.6. The van der Waals surface area contributed by atoms with Gasteiger partial charge in [-0.3, -0.25) is 50.6 Å². The van der Waals surface area contributed by atoms with Gasteiger partial charge in [0.1, 0.15) is 54.0 Å². The van der Waals surface area contributed by atoms with Crippen molar-refractivity contribution in [2.45, 2.75) is 62.7 Å². The van der Waals surface area contributed by atoms with Crippen molar-refractivity contribution >= 4 is 110 Å². The summed E-state index contributed by atoms with van der Waals surface area (Å²) in [4.78, 5) is 71.6. The molecule has 5 aromatic carbocycles. The van der Waals surface area contributed by atoms with Crippen LogP contribution in [0.4, 0.5) is 41.6 Å². The number of halogens is 5. The maximum Gasteiger partial charge on any atom is 0.416 e. The third-order valence-electron chi connectivity index (χ3n) is 11.2. The van der Waals surface area contributed by atoms with Gasteiger partial charge in [0.05, 0.1) is 30.2 Å². The molecular weight excluding hydrogens is 1400 g/mol. The first-order valence-electron chi connectivity index (χ1n) is 25.1. The normalized spacial score (nSPS) is 12.2. The Kier molecular flexibility index (Phi) is 26.2. The molecule has 0 N–H and O–H groups in total. The number of nitro groups is 5. The second-order valence-corrected chi connectivity index (χ2v) is 25.7. The molecule has 5 atom stereocenters. The van der Waals surface area contributed by atoms with Crippen molar-refractivity contribution in [2.24, 2.45) is 0 Å². The number of benzene rings is 5. The van der Waals surface area contributed by atoms with Crippen LogP contribution in [-0.4, -0.2) is 70.6 Å². The first kappa shape index (κ1) is 71.2. The first-order valence-corrected chi connectivity index (χ1v) is 32.1. The fourth-order valence-corrected chi connectivity index (χ4v) is 13.1. The van der Waals surface area contributed by atoms with Crippen molar-refractivity contribution in [3.05, 3.63) is 290 Å². The molecule has 0 saturated heterocycles. The van der Waals surface area contributed by atoms with Crippen molar-refractivity contribution < 1.29 is 58.8 Å². The average molecular weight is 1440 g/mol. The summed E-state index contributed by atoms with van der Waals surface area (Å²) >= 11 is 9.06. The van der Waals surface area contributed by atoms with Gasteiger partial charge in [-0.25, -0.2) is 46.0 Å². The van der Waals surface area contributed by atoms with Crippen molar-refractivity contribution in [3.8, 4) is 0 Å². The molecule has 92 heavy (non-hydrogen) atoms. The van der Waals surface area contributed by atoms with Gasteiger partial charge in [-0.1, -0.05) is 75.6 Å². The Labute approximate surface area is 543 Å². The third-order valence-corrected chi connectivity index (χ3v) is 18.8. The van der Waals surface area contributed by atoms with E-state index in [4.69, 9.17) is 11.6 Å². The number of aryl methyl sites for hydroxylation is 1. The summed E-state index contributed by atoms with van der Waals surface area (Å²) in [6.45, 7) is 1.91. The van der Waals surface area contributed by atoms with Crippen LogP contribution in [0.15, 0.2) is 273 Å². The van der Waals surface area contributed by atoms with E-state index in [1.165, 1.54) is 97.7 Å². The third kappa shape index (κ3) is 19.8. The quantitative estimate of drug-likeness (QED) is 0.0679. The number of alkyl halides is 3. The highest BCUT2D eigenvalue weighted by molar-refractivity contribution is 9.10. The lowest BCUT2D eigenvalue weighted by atomic mass is 10.2. The molecule has 35 heteroatoms. The zero-order valence-electron chi connectivity index (χ0n) is 46.3. The lowest BCUT2D eigenvalue weighted by molar-refractivity contribution is -0.388. The van der Waals surface area contributed by atoms with E-state index >= 15 is 0 Å². The Morgan fingerprint density at radius 1 is 0.370 bits per heavy atom. The van der Waals surface area contributed by atoms with Gasteiger partial charge in [0.15, 0.2) is 0 Å². The van der Waals surface area contributed by atoms with E-state index in [1.807, 2.05) is 19.1 Å². The minimum atomic E-state index is -4.59. The first-order chi connectivity index (χ1) is 43.8. The van der Waals surface area contributed by atoms with Crippen LogP contribution in [-0.2, 0) is 60.2 Å². The van der Waals surface area contributed by atoms with Crippen molar-refractivity contribution in [3.63, 3.8) is 0 Å². The molecule has 472 valence electrons. The van der Waals surface area contributed by atoms with Gasteiger partial charge in [-0.2, -0.15) is 13.2 Å². The van der Waals surface area contributed by atoms with Gasteiger partial charge >= 0.3 is 34.6 Å². The Morgan fingerprint density at radius 3 is 0.967 bits per heavy atom. The summed E-state index contributed by atoms with van der Waals surface area (Å²) in [6, 6.07) is 45.7. The number of rotatable bonds is 15. The molecule has 0 fully saturated rings. The van der Waals surface area contributed by atoms with Crippen LogP contribution in [0.1, 0.15) is 11.1 Å². The zero-order valence-corrected chi connectivity index (χ0v) is 52.7. The highest BCUT2D eigenvalue weighted by atomic mass is 79.9. The second-order valence-electron chi connectivity index (χ2n) is 17.3. The molecule has 10 rings (SSSR count). The number of hydrogen-bond acceptors (Lipinski definition) is 20. The average Bonchev–Trinajstić information content (AvgIpc) is 0.967. The predicted molar refractivity (Wildman–Crippen MR) is 332 cm³/mol. The van der Waals surface area contributed by atoms with E-state index in [0.29, 0.717) is 30.7 Å². The van der Waals surface area contributed by atoms with Gasteiger partial charge in [-0.05, 0) is 122 Å². The van der Waals surface area contributed by atoms with Crippen LogP contribution in [0.2, 0.25) is 5.02 Å². The summed E-state index contributed by atoms with van der Waals surface area (Å²) in [5.41, 5.74) is -1.41. The summed E-state index contributed by atoms with van der Waals surface area (Å²) in [5, 5.41) is 54.0. The van der Waals surface area contributed by atoms with Crippen LogP contribution >= 0.6 is 27.5 Å². The molecule has 0 aliphatic heterocycles. The van der Waals surface area contributed by atoms with E-state index in [2.05, 4.69) is 40.8 Å². The van der Waals surface area contributed by atoms with Crippen LogP contribution in [0, 0.1) is 57.5 Å². The smallest absolute Gasteiger partial charge is 0.258 e. The molecule has 5 aromatic heterocycles. The fourth-order valence-electron chi connectivity index (χ4n) is 7.01. The maximum atomic E-state index is 12.6. The van der Waals surface area contributed by atoms with E-state index in [9.17, 15) is 84.8 Å². The molecule has 0 bridgehead atoms. The Bertz CT molecular complexity index is 4350. The van der Waals surface area contributed by atoms with Crippen LogP contribution in [0.25, 0.3) is 0 Å². The summed E-state index contributed by atoms with van der Waals surface area (Å²) in [6.07, 6.45) is 2.14. The molecule has 0 saturated carbocycles. The molecule has 0 spiro atoms. The predicted octanol–water partition coefficient (Wildman–Crippen LogP) is 13.5. The van der Waals surface area contributed by atoms with Crippen LogP contribution in [0.3, 0.4) is 0 Å². The number of hydrogen-bond donors (Lipinski definition) is 0. The highest BCUT2D eigenvalue weighted by Gasteiger charge is 2.32. The number of aromatic nitrogens is 5. The van der Waals surface area contributed by atoms with Crippen LogP contribution < -0.4 is 0 Å². The number of nitrogens with zero attached hydrogens (tertiary/aromatic N) is 10. The zero-order chi connectivity index (χ0) is 67.2. The highest BCUT2D eigenvalue weighted by Crippen LogP contribution is 2.33. The van der Waals surface area contributed by atoms with Crippen molar-refractivity contribution in [1.29, 1.82) is 0 Å². The monoisotopic (exact) mass is 1430 g/mol. The molecule has 10 aromatic rings. The van der Waals surface area contributed by atoms with Crippen molar-refractivity contribution in [2.75, 3.05) is 0 Å². The van der Waals surface area contributed by atoms with E-state index in [1.54, 1.807) is 84.9 Å². The lowest BCUT2D eigenvalue weighted by Crippen LogP contribution is -2.07. The molecule has 5 heterocycles. The van der Waals surface area contributed by atoms with Crippen molar-refractivity contribution in [1.82, 2.24) is 24.9 Å². The lowest BCUT2D eigenvalue weighted by Gasteiger charge is -2.08. The van der Waals surface area contributed by atoms with Gasteiger partial charge < -0.3 is 0 Å². The minimum Gasteiger partial charge on any atom is -0.258 e. The number of pyridine rings is 5. The summed E-state index contributed by atoms with van der Waals surface area (Å²) < 4.78 is 99.7. The standard InChI is InChI=1S/C12H7F3N2O3S.C12H10N2O3S.C11H7BrN2O3S.C11H7ClN2O3S.C11H8N2O3S/c13-12(14,15)8-3-1-4-9(7-8)21(20)11-10(17(18)19)5-2-6-16-11;1-9-4-6-10(7-5-9)18(17)12-11(14(15)16)3-2-8-13-12;12-8-3-5-9(6-4-8)18(17)11-10(14(15)16)2-1-7-13-11;12-8-3-1-4-9(7-8)18(17)11-10(14(15)16)5-2-6-13-11;14-13(15)10-7-4-8-12-11(10)17(16)9-5-2-1-3-6-9/h1-7H;2-8H,1H3;2*1-7H;1-8H. The Morgan fingerprint density at radius 2 is 0.652 bits per heavy atom. The van der Waals surface area contributed by atoms with E-state index in [-0.39, 0.29) is 52.8 Å². The molecule has 5 unspecified atom stereocenters. The van der Waals surface area contributed by atoms with Crippen LogP contribution in [0.5, 0.6) is 0 Å².